The molecule has 0 aliphatic carbocycles. The minimum absolute atomic E-state index is 0.102. The lowest BCUT2D eigenvalue weighted by atomic mass is 10.1. The van der Waals surface area contributed by atoms with Crippen molar-refractivity contribution in [2.45, 2.75) is 26.5 Å². The second kappa shape index (κ2) is 4.67. The van der Waals surface area contributed by atoms with Gasteiger partial charge in [0.1, 0.15) is 0 Å². The fourth-order valence-corrected chi connectivity index (χ4v) is 1.65. The molecule has 2 aromatic rings. The summed E-state index contributed by atoms with van der Waals surface area (Å²) in [5.74, 6) is 0.119. The van der Waals surface area contributed by atoms with Gasteiger partial charge in [0.15, 0.2) is 0 Å². The van der Waals surface area contributed by atoms with Gasteiger partial charge in [0.2, 0.25) is 0 Å². The molecule has 0 radical (unpaired) electrons. The molecule has 0 saturated heterocycles. The molecule has 0 fully saturated rings. The van der Waals surface area contributed by atoms with E-state index in [-0.39, 0.29) is 18.0 Å². The number of hydrogen-bond donors (Lipinski definition) is 1. The van der Waals surface area contributed by atoms with Gasteiger partial charge in [-0.05, 0) is 18.1 Å². The minimum atomic E-state index is -0.532. The second-order valence-corrected chi connectivity index (χ2v) is 4.53. The van der Waals surface area contributed by atoms with Crippen LogP contribution in [0.15, 0.2) is 35.4 Å². The van der Waals surface area contributed by atoms with E-state index in [4.69, 9.17) is 0 Å². The van der Waals surface area contributed by atoms with Gasteiger partial charge in [0.25, 0.3) is 5.56 Å². The first-order chi connectivity index (χ1) is 8.09. The Morgan fingerprint density at radius 2 is 2.06 bits per heavy atom. The van der Waals surface area contributed by atoms with Crippen LogP contribution in [0.3, 0.4) is 0 Å². The van der Waals surface area contributed by atoms with Crippen molar-refractivity contribution in [2.75, 3.05) is 0 Å². The Balaban J connectivity index is 2.43. The predicted molar refractivity (Wildman–Crippen MR) is 66.8 cm³/mol. The maximum absolute atomic E-state index is 12.1. The fraction of sp³-hybridized carbons (Fsp3) is 0.385. The highest BCUT2D eigenvalue weighted by Crippen LogP contribution is 2.07. The quantitative estimate of drug-likeness (QED) is 0.870. The summed E-state index contributed by atoms with van der Waals surface area (Å²) >= 11 is 0. The van der Waals surface area contributed by atoms with Gasteiger partial charge in [-0.1, -0.05) is 26.0 Å². The van der Waals surface area contributed by atoms with Crippen molar-refractivity contribution in [3.05, 3.63) is 40.9 Å². The molecule has 0 amide bonds. The molecule has 1 heterocycles. The molecular formula is C13H16N2O2. The van der Waals surface area contributed by atoms with Crippen molar-refractivity contribution in [3.8, 4) is 0 Å². The molecule has 2 rings (SSSR count). The highest BCUT2D eigenvalue weighted by Gasteiger charge is 2.11. The lowest BCUT2D eigenvalue weighted by Gasteiger charge is -2.15. The van der Waals surface area contributed by atoms with Crippen LogP contribution in [-0.2, 0) is 6.54 Å². The summed E-state index contributed by atoms with van der Waals surface area (Å²) < 4.78 is 1.47. The van der Waals surface area contributed by atoms with E-state index in [1.54, 1.807) is 12.1 Å². The van der Waals surface area contributed by atoms with Crippen LogP contribution in [0.25, 0.3) is 10.9 Å². The maximum Gasteiger partial charge on any atom is 0.261 e. The summed E-state index contributed by atoms with van der Waals surface area (Å²) in [5.41, 5.74) is 0.586. The molecule has 4 nitrogen and oxygen atoms in total. The molecule has 1 N–H and O–H groups in total. The Bertz CT molecular complexity index is 575. The molecule has 0 bridgehead atoms. The molecule has 1 atom stereocenters. The highest BCUT2D eigenvalue weighted by atomic mass is 16.3. The van der Waals surface area contributed by atoms with E-state index >= 15 is 0 Å². The number of aliphatic hydroxyl groups excluding tert-OH is 1. The molecule has 0 spiro atoms. The van der Waals surface area contributed by atoms with Crippen LogP contribution in [-0.4, -0.2) is 20.8 Å². The first-order valence-corrected chi connectivity index (χ1v) is 5.72. The van der Waals surface area contributed by atoms with Gasteiger partial charge in [-0.3, -0.25) is 9.36 Å². The van der Waals surface area contributed by atoms with Gasteiger partial charge in [0, 0.05) is 0 Å². The van der Waals surface area contributed by atoms with Gasteiger partial charge in [0.05, 0.1) is 29.9 Å². The Morgan fingerprint density at radius 1 is 1.35 bits per heavy atom. The normalized spacial score (nSPS) is 13.2. The number of nitrogens with zero attached hydrogens (tertiary/aromatic N) is 2. The lowest BCUT2D eigenvalue weighted by Crippen LogP contribution is -2.29. The number of hydrogen-bond acceptors (Lipinski definition) is 3. The van der Waals surface area contributed by atoms with Gasteiger partial charge in [-0.2, -0.15) is 0 Å². The third-order valence-electron chi connectivity index (χ3n) is 2.88. The number of fused-ring (bicyclic) bond motifs is 1. The van der Waals surface area contributed by atoms with Crippen molar-refractivity contribution in [1.82, 2.24) is 9.55 Å². The zero-order valence-corrected chi connectivity index (χ0v) is 10.00. The van der Waals surface area contributed by atoms with E-state index < -0.39 is 6.10 Å². The van der Waals surface area contributed by atoms with Crippen molar-refractivity contribution in [3.63, 3.8) is 0 Å². The van der Waals surface area contributed by atoms with Crippen molar-refractivity contribution >= 4 is 10.9 Å². The lowest BCUT2D eigenvalue weighted by molar-refractivity contribution is 0.105. The summed E-state index contributed by atoms with van der Waals surface area (Å²) in [6.45, 7) is 4.13. The van der Waals surface area contributed by atoms with E-state index in [2.05, 4.69) is 4.98 Å². The summed E-state index contributed by atoms with van der Waals surface area (Å²) in [6, 6.07) is 7.22. The molecule has 0 aliphatic rings. The van der Waals surface area contributed by atoms with E-state index in [0.29, 0.717) is 10.9 Å². The summed E-state index contributed by atoms with van der Waals surface area (Å²) in [5, 5.41) is 10.4. The van der Waals surface area contributed by atoms with Crippen LogP contribution >= 0.6 is 0 Å². The SMILES string of the molecule is CC(C)C(O)Cn1cnc2ccccc2c1=O. The zero-order chi connectivity index (χ0) is 12.4. The van der Waals surface area contributed by atoms with Crippen molar-refractivity contribution < 1.29 is 5.11 Å². The molecule has 1 unspecified atom stereocenters. The van der Waals surface area contributed by atoms with Crippen LogP contribution in [0.1, 0.15) is 13.8 Å². The first-order valence-electron chi connectivity index (χ1n) is 5.72. The molecule has 0 aliphatic heterocycles. The van der Waals surface area contributed by atoms with Crippen LogP contribution in [0.4, 0.5) is 0 Å². The maximum atomic E-state index is 12.1. The summed E-state index contributed by atoms with van der Waals surface area (Å²) in [6.07, 6.45) is 0.965. The zero-order valence-electron chi connectivity index (χ0n) is 10.00. The van der Waals surface area contributed by atoms with Crippen molar-refractivity contribution in [1.29, 1.82) is 0 Å². The number of aliphatic hydroxyl groups is 1. The number of benzene rings is 1. The fourth-order valence-electron chi connectivity index (χ4n) is 1.65. The number of aromatic nitrogens is 2. The van der Waals surface area contributed by atoms with Gasteiger partial charge < -0.3 is 5.11 Å². The van der Waals surface area contributed by atoms with Crippen LogP contribution in [0.2, 0.25) is 0 Å². The largest absolute Gasteiger partial charge is 0.391 e. The summed E-state index contributed by atoms with van der Waals surface area (Å²) in [4.78, 5) is 16.3. The number of para-hydroxylation sites is 1. The van der Waals surface area contributed by atoms with Crippen LogP contribution < -0.4 is 5.56 Å². The molecular weight excluding hydrogens is 216 g/mol. The van der Waals surface area contributed by atoms with E-state index in [1.807, 2.05) is 26.0 Å². The Labute approximate surface area is 99.5 Å². The highest BCUT2D eigenvalue weighted by molar-refractivity contribution is 5.76. The predicted octanol–water partition coefficient (Wildman–Crippen LogP) is 1.41. The Kier molecular flexibility index (Phi) is 3.24. The third-order valence-corrected chi connectivity index (χ3v) is 2.88. The smallest absolute Gasteiger partial charge is 0.261 e. The van der Waals surface area contributed by atoms with Gasteiger partial charge in [-0.25, -0.2) is 4.98 Å². The monoisotopic (exact) mass is 232 g/mol. The Morgan fingerprint density at radius 3 is 2.76 bits per heavy atom. The molecule has 4 heteroatoms. The molecule has 17 heavy (non-hydrogen) atoms. The average Bonchev–Trinajstić information content (AvgIpc) is 2.33. The minimum Gasteiger partial charge on any atom is -0.391 e. The molecule has 90 valence electrons. The van der Waals surface area contributed by atoms with E-state index in [0.717, 1.165) is 0 Å². The van der Waals surface area contributed by atoms with E-state index in [1.165, 1.54) is 10.9 Å². The topological polar surface area (TPSA) is 55.1 Å². The summed E-state index contributed by atoms with van der Waals surface area (Å²) in [7, 11) is 0. The first kappa shape index (κ1) is 11.8. The van der Waals surface area contributed by atoms with E-state index in [9.17, 15) is 9.90 Å². The van der Waals surface area contributed by atoms with Crippen molar-refractivity contribution in [2.24, 2.45) is 5.92 Å². The van der Waals surface area contributed by atoms with Gasteiger partial charge in [-0.15, -0.1) is 0 Å². The van der Waals surface area contributed by atoms with Crippen LogP contribution in [0, 0.1) is 5.92 Å². The van der Waals surface area contributed by atoms with Gasteiger partial charge >= 0.3 is 0 Å². The average molecular weight is 232 g/mol. The third kappa shape index (κ3) is 2.36. The van der Waals surface area contributed by atoms with Crippen LogP contribution in [0.5, 0.6) is 0 Å². The molecule has 1 aromatic carbocycles. The number of rotatable bonds is 3. The molecule has 0 saturated carbocycles. The molecule has 1 aromatic heterocycles. The standard InChI is InChI=1S/C13H16N2O2/c1-9(2)12(16)7-15-8-14-11-6-4-3-5-10(11)13(15)17/h3-6,8-9,12,16H,7H2,1-2H3. The Hall–Kier alpha value is -1.68. The second-order valence-electron chi connectivity index (χ2n) is 4.53.